The molecule has 0 aliphatic rings. The van der Waals surface area contributed by atoms with Crippen LogP contribution in [0.5, 0.6) is 5.75 Å². The predicted octanol–water partition coefficient (Wildman–Crippen LogP) is 4.06. The summed E-state index contributed by atoms with van der Waals surface area (Å²) in [7, 11) is 1.20. The number of benzene rings is 2. The van der Waals surface area contributed by atoms with Crippen molar-refractivity contribution in [1.29, 1.82) is 0 Å². The van der Waals surface area contributed by atoms with Gasteiger partial charge in [0.25, 0.3) is 5.91 Å². The number of nitrogens with one attached hydrogen (secondary N) is 1. The van der Waals surface area contributed by atoms with Crippen molar-refractivity contribution in [2.45, 2.75) is 6.18 Å². The van der Waals surface area contributed by atoms with Crippen LogP contribution in [0.2, 0.25) is 0 Å². The normalized spacial score (nSPS) is 11.2. The Bertz CT molecular complexity index is 1070. The highest BCUT2D eigenvalue weighted by atomic mass is 19.4. The van der Waals surface area contributed by atoms with Gasteiger partial charge in [0.2, 0.25) is 0 Å². The van der Waals surface area contributed by atoms with Crippen molar-refractivity contribution >= 4 is 28.5 Å². The highest BCUT2D eigenvalue weighted by Crippen LogP contribution is 2.34. The van der Waals surface area contributed by atoms with Gasteiger partial charge in [-0.05, 0) is 24.3 Å². The molecule has 1 amide bonds. The zero-order chi connectivity index (χ0) is 21.0. The van der Waals surface area contributed by atoms with Crippen LogP contribution in [-0.4, -0.2) is 30.6 Å². The number of ether oxygens (including phenoxy) is 2. The number of carbonyl (C=O) groups is 2. The van der Waals surface area contributed by atoms with Crippen molar-refractivity contribution < 1.29 is 32.2 Å². The second-order valence-electron chi connectivity index (χ2n) is 5.89. The second kappa shape index (κ2) is 8.17. The number of methoxy groups -OCH3 is 1. The number of para-hydroxylation sites is 2. The maximum Gasteiger partial charge on any atom is 0.418 e. The molecule has 3 rings (SSSR count). The summed E-state index contributed by atoms with van der Waals surface area (Å²) < 4.78 is 49.3. The number of aromatic nitrogens is 1. The van der Waals surface area contributed by atoms with Crippen LogP contribution in [0.3, 0.4) is 0 Å². The first-order valence-electron chi connectivity index (χ1n) is 8.36. The first-order chi connectivity index (χ1) is 13.8. The Morgan fingerprint density at radius 2 is 1.76 bits per heavy atom. The van der Waals surface area contributed by atoms with Gasteiger partial charge in [-0.2, -0.15) is 13.2 Å². The summed E-state index contributed by atoms with van der Waals surface area (Å²) in [5.41, 5.74) is -0.920. The van der Waals surface area contributed by atoms with Gasteiger partial charge in [0.1, 0.15) is 5.75 Å². The van der Waals surface area contributed by atoms with Gasteiger partial charge in [-0.25, -0.2) is 9.78 Å². The Kier molecular flexibility index (Phi) is 5.67. The van der Waals surface area contributed by atoms with Crippen LogP contribution >= 0.6 is 0 Å². The van der Waals surface area contributed by atoms with Crippen molar-refractivity contribution in [3.63, 3.8) is 0 Å². The topological polar surface area (TPSA) is 77.5 Å². The minimum Gasteiger partial charge on any atom is -0.483 e. The Morgan fingerprint density at radius 3 is 2.48 bits per heavy atom. The Hall–Kier alpha value is -3.62. The van der Waals surface area contributed by atoms with E-state index in [2.05, 4.69) is 15.0 Å². The van der Waals surface area contributed by atoms with Crippen molar-refractivity contribution in [3.05, 3.63) is 65.9 Å². The highest BCUT2D eigenvalue weighted by Gasteiger charge is 2.33. The van der Waals surface area contributed by atoms with E-state index in [9.17, 15) is 22.8 Å². The van der Waals surface area contributed by atoms with Crippen LogP contribution in [0.15, 0.2) is 54.6 Å². The largest absolute Gasteiger partial charge is 0.483 e. The number of halogens is 3. The molecule has 0 aliphatic carbocycles. The number of esters is 1. The minimum absolute atomic E-state index is 0.0241. The number of carbonyl (C=O) groups excluding carboxylic acids is 2. The predicted molar refractivity (Wildman–Crippen MR) is 98.7 cm³/mol. The van der Waals surface area contributed by atoms with E-state index >= 15 is 0 Å². The number of rotatable bonds is 5. The molecule has 0 radical (unpaired) electrons. The summed E-state index contributed by atoms with van der Waals surface area (Å²) in [5.74, 6) is -1.30. The van der Waals surface area contributed by atoms with E-state index in [1.165, 1.54) is 25.3 Å². The van der Waals surface area contributed by atoms with E-state index in [4.69, 9.17) is 4.74 Å². The van der Waals surface area contributed by atoms with Crippen molar-refractivity contribution in [2.75, 3.05) is 19.0 Å². The lowest BCUT2D eigenvalue weighted by molar-refractivity contribution is -0.137. The van der Waals surface area contributed by atoms with Crippen LogP contribution in [-0.2, 0) is 15.7 Å². The van der Waals surface area contributed by atoms with Crippen LogP contribution < -0.4 is 10.1 Å². The third kappa shape index (κ3) is 4.63. The Labute approximate surface area is 163 Å². The summed E-state index contributed by atoms with van der Waals surface area (Å²) in [6.45, 7) is -0.569. The van der Waals surface area contributed by atoms with Gasteiger partial charge in [0, 0.05) is 11.5 Å². The molecule has 9 heteroatoms. The molecular formula is C20H15F3N2O4. The van der Waals surface area contributed by atoms with E-state index in [0.29, 0.717) is 10.9 Å². The Morgan fingerprint density at radius 1 is 1.07 bits per heavy atom. The van der Waals surface area contributed by atoms with E-state index < -0.39 is 30.2 Å². The summed E-state index contributed by atoms with van der Waals surface area (Å²) in [4.78, 5) is 28.1. The van der Waals surface area contributed by atoms with Crippen molar-refractivity contribution in [2.24, 2.45) is 0 Å². The van der Waals surface area contributed by atoms with Crippen LogP contribution in [0, 0.1) is 0 Å². The standard InChI is InChI=1S/C20H15F3N2O4/c1-28-19(27)16-10-17(12-6-2-4-8-14(12)24-16)29-11-18(26)25-15-9-5-3-7-13(15)20(21,22)23/h2-10H,11H2,1H3,(H,25,26). The molecule has 0 saturated carbocycles. The highest BCUT2D eigenvalue weighted by molar-refractivity contribution is 5.95. The van der Waals surface area contributed by atoms with Gasteiger partial charge in [-0.3, -0.25) is 4.79 Å². The van der Waals surface area contributed by atoms with Gasteiger partial charge >= 0.3 is 12.1 Å². The summed E-state index contributed by atoms with van der Waals surface area (Å²) in [5, 5.41) is 2.72. The van der Waals surface area contributed by atoms with Gasteiger partial charge in [0.05, 0.1) is 23.9 Å². The smallest absolute Gasteiger partial charge is 0.418 e. The first kappa shape index (κ1) is 20.1. The van der Waals surface area contributed by atoms with Gasteiger partial charge in [0.15, 0.2) is 12.3 Å². The number of nitrogens with zero attached hydrogens (tertiary/aromatic N) is 1. The SMILES string of the molecule is COC(=O)c1cc(OCC(=O)Nc2ccccc2C(F)(F)F)c2ccccc2n1. The molecule has 3 aromatic rings. The number of pyridine rings is 1. The number of fused-ring (bicyclic) bond motifs is 1. The summed E-state index contributed by atoms with van der Waals surface area (Å²) in [6.07, 6.45) is -4.61. The molecule has 1 N–H and O–H groups in total. The number of amides is 1. The molecule has 0 atom stereocenters. The number of alkyl halides is 3. The second-order valence-corrected chi connectivity index (χ2v) is 5.89. The summed E-state index contributed by atoms with van der Waals surface area (Å²) >= 11 is 0. The molecule has 0 unspecified atom stereocenters. The third-order valence-electron chi connectivity index (χ3n) is 3.94. The maximum atomic E-state index is 13.0. The molecule has 0 aliphatic heterocycles. The van der Waals surface area contributed by atoms with Crippen LogP contribution in [0.4, 0.5) is 18.9 Å². The Balaban J connectivity index is 1.81. The monoisotopic (exact) mass is 404 g/mol. The number of hydrogen-bond donors (Lipinski definition) is 1. The molecule has 0 bridgehead atoms. The molecule has 150 valence electrons. The van der Waals surface area contributed by atoms with Gasteiger partial charge in [-0.15, -0.1) is 0 Å². The minimum atomic E-state index is -4.61. The zero-order valence-electron chi connectivity index (χ0n) is 15.1. The molecule has 0 spiro atoms. The third-order valence-corrected chi connectivity index (χ3v) is 3.94. The molecule has 2 aromatic carbocycles. The lowest BCUT2D eigenvalue weighted by Crippen LogP contribution is -2.22. The molecular weight excluding hydrogens is 389 g/mol. The van der Waals surface area contributed by atoms with Crippen molar-refractivity contribution in [1.82, 2.24) is 4.98 Å². The van der Waals surface area contributed by atoms with Crippen LogP contribution in [0.25, 0.3) is 10.9 Å². The van der Waals surface area contributed by atoms with Gasteiger partial charge in [-0.1, -0.05) is 24.3 Å². The van der Waals surface area contributed by atoms with E-state index in [1.54, 1.807) is 24.3 Å². The fraction of sp³-hybridized carbons (Fsp3) is 0.150. The lowest BCUT2D eigenvalue weighted by Gasteiger charge is -2.14. The fourth-order valence-corrected chi connectivity index (χ4v) is 2.64. The number of hydrogen-bond acceptors (Lipinski definition) is 5. The number of anilines is 1. The molecule has 1 heterocycles. The molecule has 0 fully saturated rings. The first-order valence-corrected chi connectivity index (χ1v) is 8.36. The van der Waals surface area contributed by atoms with E-state index in [1.807, 2.05) is 0 Å². The van der Waals surface area contributed by atoms with Crippen molar-refractivity contribution in [3.8, 4) is 5.75 Å². The lowest BCUT2D eigenvalue weighted by atomic mass is 10.1. The maximum absolute atomic E-state index is 13.0. The quantitative estimate of drug-likeness (QED) is 0.649. The van der Waals surface area contributed by atoms with Gasteiger partial charge < -0.3 is 14.8 Å². The molecule has 0 saturated heterocycles. The average Bonchev–Trinajstić information content (AvgIpc) is 2.70. The van der Waals surface area contributed by atoms with E-state index in [-0.39, 0.29) is 17.1 Å². The van der Waals surface area contributed by atoms with Crippen LogP contribution in [0.1, 0.15) is 16.1 Å². The summed E-state index contributed by atoms with van der Waals surface area (Å²) in [6, 6.07) is 12.7. The molecule has 29 heavy (non-hydrogen) atoms. The zero-order valence-corrected chi connectivity index (χ0v) is 15.1. The fourth-order valence-electron chi connectivity index (χ4n) is 2.64. The molecule has 6 nitrogen and oxygen atoms in total. The van der Waals surface area contributed by atoms with E-state index in [0.717, 1.165) is 12.1 Å². The average molecular weight is 404 g/mol. The molecule has 1 aromatic heterocycles.